The van der Waals surface area contributed by atoms with Gasteiger partial charge in [0.05, 0.1) is 12.6 Å². The minimum absolute atomic E-state index is 0.0464. The van der Waals surface area contributed by atoms with Crippen LogP contribution in [0.25, 0.3) is 0 Å². The Labute approximate surface area is 123 Å². The molecule has 1 saturated carbocycles. The second kappa shape index (κ2) is 7.99. The summed E-state index contributed by atoms with van der Waals surface area (Å²) in [7, 11) is 0. The van der Waals surface area contributed by atoms with Gasteiger partial charge >= 0.3 is 0 Å². The first-order valence-electron chi connectivity index (χ1n) is 8.15. The van der Waals surface area contributed by atoms with Gasteiger partial charge in [0.1, 0.15) is 0 Å². The molecule has 0 heterocycles. The molecule has 20 heavy (non-hydrogen) atoms. The smallest absolute Gasteiger partial charge is 0.237 e. The van der Waals surface area contributed by atoms with Gasteiger partial charge in [-0.25, -0.2) is 0 Å². The van der Waals surface area contributed by atoms with Gasteiger partial charge in [-0.1, -0.05) is 20.8 Å². The average Bonchev–Trinajstić information content (AvgIpc) is 2.47. The summed E-state index contributed by atoms with van der Waals surface area (Å²) in [6, 6.07) is -0.000592. The maximum atomic E-state index is 12.2. The number of nitrogens with one attached hydrogen (secondary N) is 2. The predicted octanol–water partition coefficient (Wildman–Crippen LogP) is 2.21. The fraction of sp³-hybridized carbons (Fsp3) is 0.938. The van der Waals surface area contributed by atoms with E-state index in [2.05, 4.69) is 31.4 Å². The van der Waals surface area contributed by atoms with Crippen molar-refractivity contribution >= 4 is 5.91 Å². The van der Waals surface area contributed by atoms with Crippen molar-refractivity contribution in [3.8, 4) is 0 Å². The Morgan fingerprint density at radius 1 is 1.30 bits per heavy atom. The van der Waals surface area contributed by atoms with Crippen LogP contribution in [0.3, 0.4) is 0 Å². The van der Waals surface area contributed by atoms with Crippen molar-refractivity contribution < 1.29 is 9.90 Å². The number of carbonyl (C=O) groups excluding carboxylic acids is 1. The van der Waals surface area contributed by atoms with Gasteiger partial charge in [0, 0.05) is 11.6 Å². The summed E-state index contributed by atoms with van der Waals surface area (Å²) in [4.78, 5) is 12.2. The molecule has 0 bridgehead atoms. The predicted molar refractivity (Wildman–Crippen MR) is 82.6 cm³/mol. The van der Waals surface area contributed by atoms with Gasteiger partial charge in [-0.2, -0.15) is 0 Å². The lowest BCUT2D eigenvalue weighted by molar-refractivity contribution is -0.124. The van der Waals surface area contributed by atoms with Crippen molar-refractivity contribution in [3.63, 3.8) is 0 Å². The Morgan fingerprint density at radius 2 is 1.85 bits per heavy atom. The van der Waals surface area contributed by atoms with Crippen LogP contribution >= 0.6 is 0 Å². The van der Waals surface area contributed by atoms with Crippen LogP contribution in [0.1, 0.15) is 66.2 Å². The molecule has 1 unspecified atom stereocenters. The van der Waals surface area contributed by atoms with E-state index in [9.17, 15) is 9.90 Å². The first-order chi connectivity index (χ1) is 9.46. The van der Waals surface area contributed by atoms with Crippen LogP contribution in [0, 0.1) is 5.92 Å². The van der Waals surface area contributed by atoms with Crippen molar-refractivity contribution in [2.24, 2.45) is 5.92 Å². The third kappa shape index (κ3) is 4.74. The summed E-state index contributed by atoms with van der Waals surface area (Å²) in [6.45, 7) is 8.44. The van der Waals surface area contributed by atoms with E-state index in [0.717, 1.165) is 44.4 Å². The standard InChI is InChI=1S/C16H32N2O2/c1-5-14(6-2)17-15(20)13(4)18-16(11-19)9-7-12(3)8-10-16/h12-14,18-19H,5-11H2,1-4H3,(H,17,20). The van der Waals surface area contributed by atoms with Gasteiger partial charge in [-0.15, -0.1) is 0 Å². The average molecular weight is 284 g/mol. The lowest BCUT2D eigenvalue weighted by Crippen LogP contribution is -2.58. The van der Waals surface area contributed by atoms with Gasteiger partial charge in [0.2, 0.25) is 5.91 Å². The molecule has 0 aromatic rings. The fourth-order valence-corrected chi connectivity index (χ4v) is 3.01. The monoisotopic (exact) mass is 284 g/mol. The lowest BCUT2D eigenvalue weighted by Gasteiger charge is -2.40. The van der Waals surface area contributed by atoms with Crippen molar-refractivity contribution in [2.45, 2.75) is 83.8 Å². The number of hydrogen-bond donors (Lipinski definition) is 3. The number of carbonyl (C=O) groups is 1. The molecule has 0 aromatic carbocycles. The number of aliphatic hydroxyl groups is 1. The zero-order valence-electron chi connectivity index (χ0n) is 13.5. The van der Waals surface area contributed by atoms with Crippen molar-refractivity contribution in [2.75, 3.05) is 6.61 Å². The zero-order chi connectivity index (χ0) is 15.2. The molecule has 1 fully saturated rings. The van der Waals surface area contributed by atoms with E-state index in [-0.39, 0.29) is 30.1 Å². The molecular weight excluding hydrogens is 252 g/mol. The highest BCUT2D eigenvalue weighted by Gasteiger charge is 2.35. The molecule has 0 aromatic heterocycles. The fourth-order valence-electron chi connectivity index (χ4n) is 3.01. The second-order valence-corrected chi connectivity index (χ2v) is 6.51. The molecule has 0 saturated heterocycles. The van der Waals surface area contributed by atoms with E-state index in [4.69, 9.17) is 0 Å². The van der Waals surface area contributed by atoms with E-state index in [1.807, 2.05) is 6.92 Å². The molecule has 1 rings (SSSR count). The third-order valence-corrected chi connectivity index (χ3v) is 4.78. The summed E-state index contributed by atoms with van der Waals surface area (Å²) >= 11 is 0. The minimum Gasteiger partial charge on any atom is -0.394 e. The summed E-state index contributed by atoms with van der Waals surface area (Å²) < 4.78 is 0. The van der Waals surface area contributed by atoms with Gasteiger partial charge in [-0.3, -0.25) is 10.1 Å². The molecule has 4 heteroatoms. The normalized spacial score (nSPS) is 28.4. The van der Waals surface area contributed by atoms with E-state index < -0.39 is 0 Å². The van der Waals surface area contributed by atoms with Crippen LogP contribution in [-0.2, 0) is 4.79 Å². The minimum atomic E-state index is -0.267. The molecule has 0 radical (unpaired) electrons. The molecule has 4 nitrogen and oxygen atoms in total. The van der Waals surface area contributed by atoms with Crippen LogP contribution in [0.5, 0.6) is 0 Å². The van der Waals surface area contributed by atoms with Crippen LogP contribution < -0.4 is 10.6 Å². The molecule has 1 aliphatic carbocycles. The Morgan fingerprint density at radius 3 is 2.30 bits per heavy atom. The second-order valence-electron chi connectivity index (χ2n) is 6.51. The Balaban J connectivity index is 2.54. The van der Waals surface area contributed by atoms with Gasteiger partial charge in [0.15, 0.2) is 0 Å². The maximum Gasteiger partial charge on any atom is 0.237 e. The van der Waals surface area contributed by atoms with Crippen LogP contribution in [0.15, 0.2) is 0 Å². The topological polar surface area (TPSA) is 61.4 Å². The van der Waals surface area contributed by atoms with E-state index in [1.54, 1.807) is 0 Å². The summed E-state index contributed by atoms with van der Waals surface area (Å²) in [6.07, 6.45) is 6.05. The molecule has 1 amide bonds. The van der Waals surface area contributed by atoms with E-state index in [0.29, 0.717) is 0 Å². The molecule has 118 valence electrons. The molecule has 1 atom stereocenters. The molecule has 0 spiro atoms. The summed E-state index contributed by atoms with van der Waals surface area (Å²) in [5.41, 5.74) is -0.267. The van der Waals surface area contributed by atoms with Crippen molar-refractivity contribution in [1.29, 1.82) is 0 Å². The highest BCUT2D eigenvalue weighted by Crippen LogP contribution is 2.31. The lowest BCUT2D eigenvalue weighted by atomic mass is 9.77. The van der Waals surface area contributed by atoms with Gasteiger partial charge in [-0.05, 0) is 51.4 Å². The molecule has 1 aliphatic rings. The molecule has 3 N–H and O–H groups in total. The number of aliphatic hydroxyl groups excluding tert-OH is 1. The van der Waals surface area contributed by atoms with Crippen LogP contribution in [0.2, 0.25) is 0 Å². The number of hydrogen-bond acceptors (Lipinski definition) is 3. The maximum absolute atomic E-state index is 12.2. The largest absolute Gasteiger partial charge is 0.394 e. The Kier molecular flexibility index (Phi) is 6.96. The Bertz CT molecular complexity index is 295. The number of rotatable bonds is 7. The van der Waals surface area contributed by atoms with Crippen molar-refractivity contribution in [3.05, 3.63) is 0 Å². The quantitative estimate of drug-likeness (QED) is 0.672. The molecular formula is C16H32N2O2. The van der Waals surface area contributed by atoms with Crippen LogP contribution in [0.4, 0.5) is 0 Å². The van der Waals surface area contributed by atoms with Gasteiger partial charge in [0.25, 0.3) is 0 Å². The van der Waals surface area contributed by atoms with E-state index >= 15 is 0 Å². The summed E-state index contributed by atoms with van der Waals surface area (Å²) in [5.74, 6) is 0.773. The Hall–Kier alpha value is -0.610. The third-order valence-electron chi connectivity index (χ3n) is 4.78. The highest BCUT2D eigenvalue weighted by molar-refractivity contribution is 5.81. The summed E-state index contributed by atoms with van der Waals surface area (Å²) in [5, 5.41) is 16.2. The zero-order valence-corrected chi connectivity index (χ0v) is 13.5. The SMILES string of the molecule is CCC(CC)NC(=O)C(C)NC1(CO)CCC(C)CC1. The number of amides is 1. The van der Waals surface area contributed by atoms with Crippen molar-refractivity contribution in [1.82, 2.24) is 10.6 Å². The van der Waals surface area contributed by atoms with E-state index in [1.165, 1.54) is 0 Å². The van der Waals surface area contributed by atoms with Crippen LogP contribution in [-0.4, -0.2) is 35.2 Å². The first kappa shape index (κ1) is 17.4. The van der Waals surface area contributed by atoms with Gasteiger partial charge < -0.3 is 10.4 Å². The highest BCUT2D eigenvalue weighted by atomic mass is 16.3. The molecule has 0 aliphatic heterocycles. The first-order valence-corrected chi connectivity index (χ1v) is 8.15.